The van der Waals surface area contributed by atoms with Crippen molar-refractivity contribution >= 4 is 40.7 Å². The maximum absolute atomic E-state index is 13.0. The summed E-state index contributed by atoms with van der Waals surface area (Å²) in [7, 11) is 1.43. The average molecular weight is 450 g/mol. The van der Waals surface area contributed by atoms with Crippen LogP contribution in [0.3, 0.4) is 0 Å². The van der Waals surface area contributed by atoms with Gasteiger partial charge in [-0.3, -0.25) is 9.59 Å². The molecule has 8 heteroatoms. The molecule has 1 aliphatic carbocycles. The Morgan fingerprint density at radius 2 is 1.83 bits per heavy atom. The number of aliphatic hydroxyl groups excluding tert-OH is 1. The van der Waals surface area contributed by atoms with Gasteiger partial charge in [0, 0.05) is 11.6 Å². The van der Waals surface area contributed by atoms with Crippen molar-refractivity contribution < 1.29 is 23.8 Å². The zero-order valence-electron chi connectivity index (χ0n) is 16.4. The number of nitrogens with zero attached hydrogens (tertiary/aromatic N) is 1. The Morgan fingerprint density at radius 1 is 1.17 bits per heavy atom. The van der Waals surface area contributed by atoms with E-state index in [4.69, 9.17) is 32.4 Å². The van der Waals surface area contributed by atoms with Crippen LogP contribution in [0.1, 0.15) is 49.5 Å². The third-order valence-corrected chi connectivity index (χ3v) is 6.30. The number of carbonyl (C=O) groups excluding carboxylic acids is 2. The van der Waals surface area contributed by atoms with Gasteiger partial charge >= 0.3 is 0 Å². The molecule has 4 rings (SSSR count). The van der Waals surface area contributed by atoms with Crippen molar-refractivity contribution in [3.05, 3.63) is 57.5 Å². The van der Waals surface area contributed by atoms with Gasteiger partial charge in [-0.05, 0) is 37.1 Å². The van der Waals surface area contributed by atoms with Gasteiger partial charge in [0.05, 0.1) is 29.0 Å². The molecule has 0 radical (unpaired) electrons. The lowest BCUT2D eigenvalue weighted by atomic mass is 9.92. The number of ketones is 1. The Morgan fingerprint density at radius 3 is 2.40 bits per heavy atom. The van der Waals surface area contributed by atoms with E-state index < -0.39 is 17.7 Å². The smallest absolute Gasteiger partial charge is 0.296 e. The number of furan rings is 1. The van der Waals surface area contributed by atoms with Crippen molar-refractivity contribution in [2.75, 3.05) is 7.11 Å². The molecule has 2 aromatic rings. The highest BCUT2D eigenvalue weighted by molar-refractivity contribution is 6.46. The summed E-state index contributed by atoms with van der Waals surface area (Å²) >= 11 is 12.4. The van der Waals surface area contributed by atoms with Crippen LogP contribution < -0.4 is 4.74 Å². The lowest BCUT2D eigenvalue weighted by Crippen LogP contribution is -2.40. The molecule has 1 N–H and O–H groups in total. The standard InChI is InChI=1S/C22H21Cl2NO5/c1-29-21-14(23)10-12(11-15(21)24)19(26)17-18(16-8-5-9-30-16)25(22(28)20(17)27)13-6-3-2-4-7-13/h5,8-11,13,18,26H,2-4,6-7H2,1H3/b19-17-. The summed E-state index contributed by atoms with van der Waals surface area (Å²) in [5.41, 5.74) is 0.196. The van der Waals surface area contributed by atoms with E-state index in [9.17, 15) is 14.7 Å². The zero-order valence-corrected chi connectivity index (χ0v) is 17.9. The number of amides is 1. The zero-order chi connectivity index (χ0) is 21.4. The molecule has 6 nitrogen and oxygen atoms in total. The molecule has 0 spiro atoms. The Bertz CT molecular complexity index is 986. The highest BCUT2D eigenvalue weighted by Crippen LogP contribution is 2.44. The molecule has 2 aliphatic rings. The van der Waals surface area contributed by atoms with E-state index in [-0.39, 0.29) is 38.7 Å². The minimum atomic E-state index is -0.803. The van der Waals surface area contributed by atoms with Crippen LogP contribution in [0.15, 0.2) is 40.5 Å². The third kappa shape index (κ3) is 3.48. The Hall–Kier alpha value is -2.44. The quantitative estimate of drug-likeness (QED) is 0.386. The summed E-state index contributed by atoms with van der Waals surface area (Å²) in [6.07, 6.45) is 6.19. The molecule has 2 heterocycles. The first kappa shape index (κ1) is 20.8. The fourth-order valence-corrected chi connectivity index (χ4v) is 5.00. The molecule has 1 amide bonds. The molecular weight excluding hydrogens is 429 g/mol. The van der Waals surface area contributed by atoms with Crippen LogP contribution in [0.2, 0.25) is 10.0 Å². The van der Waals surface area contributed by atoms with Crippen molar-refractivity contribution in [3.63, 3.8) is 0 Å². The van der Waals surface area contributed by atoms with Crippen LogP contribution in [0.5, 0.6) is 5.75 Å². The second-order valence-corrected chi connectivity index (χ2v) is 8.30. The van der Waals surface area contributed by atoms with Gasteiger partial charge in [-0.1, -0.05) is 42.5 Å². The second-order valence-electron chi connectivity index (χ2n) is 7.49. The number of methoxy groups -OCH3 is 1. The van der Waals surface area contributed by atoms with Crippen molar-refractivity contribution in [1.82, 2.24) is 4.90 Å². The highest BCUT2D eigenvalue weighted by Gasteiger charge is 2.50. The first-order valence-corrected chi connectivity index (χ1v) is 10.6. The largest absolute Gasteiger partial charge is 0.507 e. The molecule has 1 aliphatic heterocycles. The molecule has 1 aromatic heterocycles. The molecule has 1 aromatic carbocycles. The number of hydrogen-bond acceptors (Lipinski definition) is 5. The predicted molar refractivity (Wildman–Crippen MR) is 113 cm³/mol. The Kier molecular flexibility index (Phi) is 5.80. The van der Waals surface area contributed by atoms with Gasteiger partial charge in [-0.2, -0.15) is 0 Å². The maximum atomic E-state index is 13.0. The van der Waals surface area contributed by atoms with Gasteiger partial charge in [0.2, 0.25) is 0 Å². The number of ether oxygens (including phenoxy) is 1. The van der Waals surface area contributed by atoms with Crippen molar-refractivity contribution in [2.45, 2.75) is 44.2 Å². The lowest BCUT2D eigenvalue weighted by molar-refractivity contribution is -0.142. The number of Topliss-reactive ketones (excluding diaryl/α,β-unsaturated/α-hetero) is 1. The van der Waals surface area contributed by atoms with Gasteiger partial charge in [-0.15, -0.1) is 0 Å². The normalized spacial score (nSPS) is 22.0. The maximum Gasteiger partial charge on any atom is 0.296 e. The number of halogens is 2. The fourth-order valence-electron chi connectivity index (χ4n) is 4.36. The number of aliphatic hydroxyl groups is 1. The second kappa shape index (κ2) is 8.36. The molecule has 158 valence electrons. The highest BCUT2D eigenvalue weighted by atomic mass is 35.5. The van der Waals surface area contributed by atoms with Crippen molar-refractivity contribution in [2.24, 2.45) is 0 Å². The molecule has 1 atom stereocenters. The van der Waals surface area contributed by atoms with Crippen molar-refractivity contribution in [1.29, 1.82) is 0 Å². The molecule has 30 heavy (non-hydrogen) atoms. The minimum Gasteiger partial charge on any atom is -0.507 e. The summed E-state index contributed by atoms with van der Waals surface area (Å²) in [5.74, 6) is -1.04. The predicted octanol–water partition coefficient (Wildman–Crippen LogP) is 5.35. The fraction of sp³-hybridized carbons (Fsp3) is 0.364. The molecule has 0 bridgehead atoms. The molecule has 2 fully saturated rings. The van der Waals surface area contributed by atoms with Crippen LogP contribution in [0.4, 0.5) is 0 Å². The number of carbonyl (C=O) groups is 2. The number of likely N-dealkylation sites (tertiary alicyclic amines) is 1. The van der Waals surface area contributed by atoms with Gasteiger partial charge in [0.1, 0.15) is 17.6 Å². The van der Waals surface area contributed by atoms with Crippen molar-refractivity contribution in [3.8, 4) is 5.75 Å². The number of benzene rings is 1. The monoisotopic (exact) mass is 449 g/mol. The summed E-state index contributed by atoms with van der Waals surface area (Å²) in [5, 5.41) is 11.5. The minimum absolute atomic E-state index is 0.0298. The number of rotatable bonds is 4. The van der Waals surface area contributed by atoms with E-state index in [1.807, 2.05) is 0 Å². The van der Waals surface area contributed by atoms with E-state index in [0.717, 1.165) is 32.1 Å². The van der Waals surface area contributed by atoms with Gasteiger partial charge in [0.25, 0.3) is 11.7 Å². The van der Waals surface area contributed by atoms with E-state index in [2.05, 4.69) is 0 Å². The Labute approximate surface area is 184 Å². The molecule has 1 saturated carbocycles. The lowest BCUT2D eigenvalue weighted by Gasteiger charge is -2.34. The summed E-state index contributed by atoms with van der Waals surface area (Å²) in [6.45, 7) is 0. The van der Waals surface area contributed by atoms with E-state index in [0.29, 0.717) is 5.76 Å². The van der Waals surface area contributed by atoms with E-state index in [1.54, 1.807) is 17.0 Å². The SMILES string of the molecule is COc1c(Cl)cc(/C(O)=C2/C(=O)C(=O)N(C3CCCCC3)C2c2ccco2)cc1Cl. The first-order chi connectivity index (χ1) is 14.4. The summed E-state index contributed by atoms with van der Waals surface area (Å²) < 4.78 is 10.7. The van der Waals surface area contributed by atoms with E-state index in [1.165, 1.54) is 25.5 Å². The Balaban J connectivity index is 1.86. The van der Waals surface area contributed by atoms with Crippen LogP contribution in [-0.2, 0) is 9.59 Å². The van der Waals surface area contributed by atoms with Gasteiger partial charge < -0.3 is 19.2 Å². The van der Waals surface area contributed by atoms with Crippen LogP contribution in [-0.4, -0.2) is 34.8 Å². The van der Waals surface area contributed by atoms with Crippen LogP contribution >= 0.6 is 23.2 Å². The third-order valence-electron chi connectivity index (χ3n) is 5.74. The van der Waals surface area contributed by atoms with Crippen LogP contribution in [0.25, 0.3) is 5.76 Å². The number of hydrogen-bond donors (Lipinski definition) is 1. The molecular formula is C22H21Cl2NO5. The summed E-state index contributed by atoms with van der Waals surface area (Å²) in [6, 6.07) is 5.41. The summed E-state index contributed by atoms with van der Waals surface area (Å²) in [4.78, 5) is 27.6. The van der Waals surface area contributed by atoms with Gasteiger partial charge in [-0.25, -0.2) is 0 Å². The van der Waals surface area contributed by atoms with E-state index >= 15 is 0 Å². The van der Waals surface area contributed by atoms with Crippen LogP contribution in [0, 0.1) is 0 Å². The first-order valence-electron chi connectivity index (χ1n) is 9.81. The molecule has 1 saturated heterocycles. The average Bonchev–Trinajstić information content (AvgIpc) is 3.35. The topological polar surface area (TPSA) is 80.0 Å². The molecule has 1 unspecified atom stereocenters. The van der Waals surface area contributed by atoms with Gasteiger partial charge in [0.15, 0.2) is 5.75 Å².